The number of aromatic nitrogens is 3. The first kappa shape index (κ1) is 18.3. The maximum absolute atomic E-state index is 12.8. The van der Waals surface area contributed by atoms with Gasteiger partial charge in [-0.3, -0.25) is 9.78 Å². The van der Waals surface area contributed by atoms with Gasteiger partial charge in [0.1, 0.15) is 11.7 Å². The maximum Gasteiger partial charge on any atom is 0.433 e. The third-order valence-corrected chi connectivity index (χ3v) is 4.07. The van der Waals surface area contributed by atoms with Crippen LogP contribution in [0.15, 0.2) is 22.9 Å². The molecule has 0 radical (unpaired) electrons. The van der Waals surface area contributed by atoms with Gasteiger partial charge in [-0.2, -0.15) is 18.2 Å². The van der Waals surface area contributed by atoms with Crippen LogP contribution in [-0.4, -0.2) is 34.2 Å². The summed E-state index contributed by atoms with van der Waals surface area (Å²) >= 11 is 0. The molecule has 0 aromatic carbocycles. The molecule has 0 spiro atoms. The number of nitrogens with one attached hydrogen (secondary N) is 1. The summed E-state index contributed by atoms with van der Waals surface area (Å²) < 4.78 is 48.6. The molecule has 1 N–H and O–H groups in total. The Kier molecular flexibility index (Phi) is 5.21. The van der Waals surface area contributed by atoms with Crippen molar-refractivity contribution in [1.29, 1.82) is 0 Å². The third-order valence-electron chi connectivity index (χ3n) is 4.07. The van der Waals surface area contributed by atoms with Crippen LogP contribution >= 0.6 is 0 Å². The summed E-state index contributed by atoms with van der Waals surface area (Å²) in [5, 5.41) is 6.48. The van der Waals surface area contributed by atoms with Crippen LogP contribution in [0.1, 0.15) is 37.4 Å². The molecule has 140 valence electrons. The standard InChI is InChI=1S/C16H17F3N4O3/c1-9(21-14(24)10-3-6-25-7-4-10)15-22-13(23-26-15)11-2-5-20-12(8-11)16(17,18)19/h2,5,8-10H,3-4,6-7H2,1H3,(H,21,24)/t9-/m0/s1. The van der Waals surface area contributed by atoms with Gasteiger partial charge in [0.25, 0.3) is 0 Å². The first-order chi connectivity index (χ1) is 12.3. The number of amides is 1. The average Bonchev–Trinajstić information content (AvgIpc) is 3.12. The Morgan fingerprint density at radius 3 is 2.77 bits per heavy atom. The minimum Gasteiger partial charge on any atom is -0.381 e. The van der Waals surface area contributed by atoms with Crippen LogP contribution in [-0.2, 0) is 15.7 Å². The number of carbonyl (C=O) groups is 1. The smallest absolute Gasteiger partial charge is 0.381 e. The molecular weight excluding hydrogens is 353 g/mol. The highest BCUT2D eigenvalue weighted by molar-refractivity contribution is 5.79. The monoisotopic (exact) mass is 370 g/mol. The number of nitrogens with zero attached hydrogens (tertiary/aromatic N) is 3. The van der Waals surface area contributed by atoms with E-state index in [1.807, 2.05) is 0 Å². The molecule has 3 heterocycles. The van der Waals surface area contributed by atoms with Gasteiger partial charge in [0.15, 0.2) is 0 Å². The quantitative estimate of drug-likeness (QED) is 0.890. The van der Waals surface area contributed by atoms with Gasteiger partial charge < -0.3 is 14.6 Å². The SMILES string of the molecule is C[C@H](NC(=O)C1CCOCC1)c1nc(-c2ccnc(C(F)(F)F)c2)no1. The Morgan fingerprint density at radius 1 is 1.35 bits per heavy atom. The molecular formula is C16H17F3N4O3. The zero-order chi connectivity index (χ0) is 18.7. The summed E-state index contributed by atoms with van der Waals surface area (Å²) in [6, 6.07) is 1.64. The molecule has 3 rings (SSSR count). The largest absolute Gasteiger partial charge is 0.433 e. The normalized spacial score (nSPS) is 17.1. The number of hydrogen-bond acceptors (Lipinski definition) is 6. The Hall–Kier alpha value is -2.49. The fourth-order valence-electron chi connectivity index (χ4n) is 2.61. The van der Waals surface area contributed by atoms with Gasteiger partial charge in [0, 0.05) is 30.9 Å². The van der Waals surface area contributed by atoms with Crippen LogP contribution in [0.3, 0.4) is 0 Å². The zero-order valence-electron chi connectivity index (χ0n) is 13.9. The van der Waals surface area contributed by atoms with Gasteiger partial charge in [-0.1, -0.05) is 5.16 Å². The number of carbonyl (C=O) groups excluding carboxylic acids is 1. The van der Waals surface area contributed by atoms with Crippen molar-refractivity contribution in [2.75, 3.05) is 13.2 Å². The first-order valence-electron chi connectivity index (χ1n) is 8.10. The summed E-state index contributed by atoms with van der Waals surface area (Å²) in [5.41, 5.74) is -0.910. The molecule has 1 amide bonds. The molecule has 26 heavy (non-hydrogen) atoms. The van der Waals surface area contributed by atoms with Gasteiger partial charge >= 0.3 is 6.18 Å². The van der Waals surface area contributed by atoms with Crippen LogP contribution < -0.4 is 5.32 Å². The fourth-order valence-corrected chi connectivity index (χ4v) is 2.61. The van der Waals surface area contributed by atoms with E-state index in [1.54, 1.807) is 6.92 Å². The predicted octanol–water partition coefficient (Wildman–Crippen LogP) is 2.75. The maximum atomic E-state index is 12.8. The second kappa shape index (κ2) is 7.40. The summed E-state index contributed by atoms with van der Waals surface area (Å²) in [5.74, 6) is -0.155. The molecule has 1 aliphatic rings. The second-order valence-electron chi connectivity index (χ2n) is 6.00. The molecule has 7 nitrogen and oxygen atoms in total. The highest BCUT2D eigenvalue weighted by Gasteiger charge is 2.33. The highest BCUT2D eigenvalue weighted by atomic mass is 19.4. The molecule has 2 aromatic rings. The first-order valence-corrected chi connectivity index (χ1v) is 8.10. The molecule has 0 unspecified atom stereocenters. The van der Waals surface area contributed by atoms with Crippen LogP contribution in [0, 0.1) is 5.92 Å². The summed E-state index contributed by atoms with van der Waals surface area (Å²) in [4.78, 5) is 19.6. The van der Waals surface area contributed by atoms with Crippen LogP contribution in [0.4, 0.5) is 13.2 Å². The minimum absolute atomic E-state index is 0.0000605. The van der Waals surface area contributed by atoms with E-state index in [4.69, 9.17) is 9.26 Å². The average molecular weight is 370 g/mol. The molecule has 0 bridgehead atoms. The van der Waals surface area contributed by atoms with Crippen molar-refractivity contribution in [3.8, 4) is 11.4 Å². The topological polar surface area (TPSA) is 90.1 Å². The highest BCUT2D eigenvalue weighted by Crippen LogP contribution is 2.30. The number of halogens is 3. The summed E-state index contributed by atoms with van der Waals surface area (Å²) in [7, 11) is 0. The van der Waals surface area contributed by atoms with Crippen molar-refractivity contribution in [2.24, 2.45) is 5.92 Å². The van der Waals surface area contributed by atoms with E-state index >= 15 is 0 Å². The van der Waals surface area contributed by atoms with E-state index in [-0.39, 0.29) is 29.1 Å². The van der Waals surface area contributed by atoms with Crippen LogP contribution in [0.2, 0.25) is 0 Å². The fraction of sp³-hybridized carbons (Fsp3) is 0.500. The van der Waals surface area contributed by atoms with E-state index in [0.717, 1.165) is 12.3 Å². The Labute approximate surface area is 146 Å². The van der Waals surface area contributed by atoms with E-state index in [9.17, 15) is 18.0 Å². The van der Waals surface area contributed by atoms with Crippen molar-refractivity contribution >= 4 is 5.91 Å². The van der Waals surface area contributed by atoms with Crippen molar-refractivity contribution in [3.63, 3.8) is 0 Å². The van der Waals surface area contributed by atoms with Crippen molar-refractivity contribution < 1.29 is 27.2 Å². The van der Waals surface area contributed by atoms with Crippen molar-refractivity contribution in [2.45, 2.75) is 32.0 Å². The summed E-state index contributed by atoms with van der Waals surface area (Å²) in [6.07, 6.45) is -2.24. The van der Waals surface area contributed by atoms with E-state index in [1.165, 1.54) is 6.07 Å². The van der Waals surface area contributed by atoms with Gasteiger partial charge in [-0.15, -0.1) is 0 Å². The Balaban J connectivity index is 1.70. The Morgan fingerprint density at radius 2 is 2.08 bits per heavy atom. The summed E-state index contributed by atoms with van der Waals surface area (Å²) in [6.45, 7) is 2.75. The van der Waals surface area contributed by atoms with Gasteiger partial charge in [0.05, 0.1) is 0 Å². The zero-order valence-corrected chi connectivity index (χ0v) is 13.9. The van der Waals surface area contributed by atoms with Crippen molar-refractivity contribution in [1.82, 2.24) is 20.4 Å². The number of pyridine rings is 1. The van der Waals surface area contributed by atoms with E-state index in [0.29, 0.717) is 26.1 Å². The van der Waals surface area contributed by atoms with Gasteiger partial charge in [0.2, 0.25) is 17.6 Å². The van der Waals surface area contributed by atoms with Gasteiger partial charge in [-0.05, 0) is 31.9 Å². The number of hydrogen-bond donors (Lipinski definition) is 1. The molecule has 1 aliphatic heterocycles. The number of ether oxygens (including phenoxy) is 1. The predicted molar refractivity (Wildman–Crippen MR) is 82.6 cm³/mol. The molecule has 0 aliphatic carbocycles. The lowest BCUT2D eigenvalue weighted by Crippen LogP contribution is -2.35. The lowest BCUT2D eigenvalue weighted by molar-refractivity contribution is -0.141. The molecule has 1 fully saturated rings. The van der Waals surface area contributed by atoms with E-state index < -0.39 is 17.9 Å². The molecule has 1 saturated heterocycles. The van der Waals surface area contributed by atoms with Crippen LogP contribution in [0.5, 0.6) is 0 Å². The minimum atomic E-state index is -4.56. The molecule has 0 saturated carbocycles. The molecule has 1 atom stereocenters. The molecule has 10 heteroatoms. The Bertz CT molecular complexity index is 772. The lowest BCUT2D eigenvalue weighted by Gasteiger charge is -2.22. The second-order valence-corrected chi connectivity index (χ2v) is 6.00. The van der Waals surface area contributed by atoms with Crippen molar-refractivity contribution in [3.05, 3.63) is 29.9 Å². The number of rotatable bonds is 4. The number of alkyl halides is 3. The molecule has 2 aromatic heterocycles. The van der Waals surface area contributed by atoms with Crippen LogP contribution in [0.25, 0.3) is 11.4 Å². The lowest BCUT2D eigenvalue weighted by atomic mass is 9.99. The van der Waals surface area contributed by atoms with E-state index in [2.05, 4.69) is 20.4 Å². The third kappa shape index (κ3) is 4.18. The van der Waals surface area contributed by atoms with Gasteiger partial charge in [-0.25, -0.2) is 0 Å².